The van der Waals surface area contributed by atoms with Crippen molar-refractivity contribution in [2.75, 3.05) is 12.4 Å². The molecule has 2 aromatic rings. The van der Waals surface area contributed by atoms with Crippen molar-refractivity contribution in [3.63, 3.8) is 0 Å². The van der Waals surface area contributed by atoms with Gasteiger partial charge in [-0.05, 0) is 49.1 Å². The molecule has 17 heavy (non-hydrogen) atoms. The Balaban J connectivity index is 1.97. The predicted molar refractivity (Wildman–Crippen MR) is 69.0 cm³/mol. The lowest BCUT2D eigenvalue weighted by molar-refractivity contribution is 0.900. The Hall–Kier alpha value is -1.90. The minimum Gasteiger partial charge on any atom is -0.388 e. The molecule has 0 fully saturated rings. The molecule has 0 aliphatic heterocycles. The fourth-order valence-corrected chi connectivity index (χ4v) is 2.24. The van der Waals surface area contributed by atoms with Gasteiger partial charge in [-0.3, -0.25) is 0 Å². The summed E-state index contributed by atoms with van der Waals surface area (Å²) in [6.07, 6.45) is 5.43. The Bertz CT molecular complexity index is 532. The number of benzene rings is 1. The molecule has 0 atom stereocenters. The molecule has 1 heterocycles. The van der Waals surface area contributed by atoms with Gasteiger partial charge in [-0.2, -0.15) is 0 Å². The van der Waals surface area contributed by atoms with Crippen LogP contribution in [0.5, 0.6) is 0 Å². The lowest BCUT2D eigenvalue weighted by Crippen LogP contribution is -1.95. The molecule has 86 valence electrons. The first-order valence-corrected chi connectivity index (χ1v) is 6.00. The van der Waals surface area contributed by atoms with Gasteiger partial charge in [0.25, 0.3) is 0 Å². The van der Waals surface area contributed by atoms with E-state index in [0.29, 0.717) is 0 Å². The van der Waals surface area contributed by atoms with E-state index in [0.717, 1.165) is 29.9 Å². The van der Waals surface area contributed by atoms with E-state index >= 15 is 0 Å². The van der Waals surface area contributed by atoms with Crippen LogP contribution in [0, 0.1) is 0 Å². The van der Waals surface area contributed by atoms with Gasteiger partial charge in [0.1, 0.15) is 0 Å². The molecule has 3 rings (SSSR count). The molecule has 1 aliphatic carbocycles. The van der Waals surface area contributed by atoms with E-state index in [-0.39, 0.29) is 0 Å². The standard InChI is InChI=1S/C14H15N3/c1-15-12-7-5-10(6-8-12)14-16-9-11-3-2-4-13(11)17-14/h5-9,15H,2-4H2,1H3. The Morgan fingerprint density at radius 1 is 1.12 bits per heavy atom. The van der Waals surface area contributed by atoms with Crippen LogP contribution < -0.4 is 5.32 Å². The number of anilines is 1. The Kier molecular flexibility index (Phi) is 2.52. The van der Waals surface area contributed by atoms with Crippen molar-refractivity contribution in [1.82, 2.24) is 9.97 Å². The third-order valence-electron chi connectivity index (χ3n) is 3.25. The summed E-state index contributed by atoms with van der Waals surface area (Å²) in [6, 6.07) is 8.21. The maximum absolute atomic E-state index is 4.65. The van der Waals surface area contributed by atoms with Crippen molar-refractivity contribution < 1.29 is 0 Å². The van der Waals surface area contributed by atoms with E-state index in [2.05, 4.69) is 27.4 Å². The third kappa shape index (κ3) is 1.88. The quantitative estimate of drug-likeness (QED) is 0.853. The van der Waals surface area contributed by atoms with Crippen molar-refractivity contribution in [3.8, 4) is 11.4 Å². The zero-order chi connectivity index (χ0) is 11.7. The van der Waals surface area contributed by atoms with Crippen molar-refractivity contribution in [2.45, 2.75) is 19.3 Å². The van der Waals surface area contributed by atoms with Gasteiger partial charge in [-0.15, -0.1) is 0 Å². The molecule has 1 aromatic carbocycles. The SMILES string of the molecule is CNc1ccc(-c2ncc3c(n2)CCC3)cc1. The normalized spacial score (nSPS) is 13.5. The summed E-state index contributed by atoms with van der Waals surface area (Å²) in [5, 5.41) is 3.11. The predicted octanol–water partition coefficient (Wildman–Crippen LogP) is 2.67. The number of fused-ring (bicyclic) bond motifs is 1. The molecule has 3 heteroatoms. The van der Waals surface area contributed by atoms with Crippen LogP contribution in [0.4, 0.5) is 5.69 Å². The first-order valence-electron chi connectivity index (χ1n) is 6.00. The monoisotopic (exact) mass is 225 g/mol. The van der Waals surface area contributed by atoms with E-state index in [9.17, 15) is 0 Å². The molecule has 0 radical (unpaired) electrons. The van der Waals surface area contributed by atoms with Crippen LogP contribution >= 0.6 is 0 Å². The number of nitrogens with one attached hydrogen (secondary N) is 1. The molecule has 1 N–H and O–H groups in total. The van der Waals surface area contributed by atoms with E-state index in [1.54, 1.807) is 0 Å². The second-order valence-electron chi connectivity index (χ2n) is 4.35. The van der Waals surface area contributed by atoms with Gasteiger partial charge in [-0.1, -0.05) is 0 Å². The van der Waals surface area contributed by atoms with Crippen LogP contribution in [0.1, 0.15) is 17.7 Å². The molecule has 0 unspecified atom stereocenters. The molecule has 0 amide bonds. The van der Waals surface area contributed by atoms with Gasteiger partial charge >= 0.3 is 0 Å². The summed E-state index contributed by atoms with van der Waals surface area (Å²) in [5.41, 5.74) is 4.74. The largest absolute Gasteiger partial charge is 0.388 e. The Labute approximate surface area is 101 Å². The maximum Gasteiger partial charge on any atom is 0.159 e. The molecule has 1 aliphatic rings. The second kappa shape index (κ2) is 4.17. The molecular weight excluding hydrogens is 210 g/mol. The molecule has 0 saturated carbocycles. The molecule has 0 saturated heterocycles. The van der Waals surface area contributed by atoms with Crippen molar-refractivity contribution in [1.29, 1.82) is 0 Å². The molecule has 3 nitrogen and oxygen atoms in total. The maximum atomic E-state index is 4.65. The van der Waals surface area contributed by atoms with Gasteiger partial charge in [0.2, 0.25) is 0 Å². The van der Waals surface area contributed by atoms with Crippen LogP contribution in [0.2, 0.25) is 0 Å². The van der Waals surface area contributed by atoms with Gasteiger partial charge in [0.05, 0.1) is 0 Å². The lowest BCUT2D eigenvalue weighted by Gasteiger charge is -2.04. The fraction of sp³-hybridized carbons (Fsp3) is 0.286. The number of rotatable bonds is 2. The average molecular weight is 225 g/mol. The van der Waals surface area contributed by atoms with Gasteiger partial charge in [0, 0.05) is 30.2 Å². The minimum absolute atomic E-state index is 0.841. The third-order valence-corrected chi connectivity index (χ3v) is 3.25. The highest BCUT2D eigenvalue weighted by Gasteiger charge is 2.13. The summed E-state index contributed by atoms with van der Waals surface area (Å²) in [6.45, 7) is 0. The zero-order valence-electron chi connectivity index (χ0n) is 9.90. The number of hydrogen-bond acceptors (Lipinski definition) is 3. The smallest absolute Gasteiger partial charge is 0.159 e. The van der Waals surface area contributed by atoms with E-state index in [1.165, 1.54) is 17.7 Å². The number of aromatic nitrogens is 2. The highest BCUT2D eigenvalue weighted by molar-refractivity contribution is 5.59. The van der Waals surface area contributed by atoms with Crippen molar-refractivity contribution >= 4 is 5.69 Å². The van der Waals surface area contributed by atoms with Crippen molar-refractivity contribution in [3.05, 3.63) is 41.7 Å². The summed E-state index contributed by atoms with van der Waals surface area (Å²) in [5.74, 6) is 0.841. The zero-order valence-corrected chi connectivity index (χ0v) is 9.90. The van der Waals surface area contributed by atoms with Crippen LogP contribution in [-0.4, -0.2) is 17.0 Å². The van der Waals surface area contributed by atoms with E-state index in [4.69, 9.17) is 0 Å². The van der Waals surface area contributed by atoms with E-state index in [1.807, 2.05) is 25.4 Å². The molecule has 0 bridgehead atoms. The first-order chi connectivity index (χ1) is 8.36. The van der Waals surface area contributed by atoms with Crippen LogP contribution in [0.15, 0.2) is 30.5 Å². The number of aryl methyl sites for hydroxylation is 2. The number of nitrogens with zero attached hydrogens (tertiary/aromatic N) is 2. The topological polar surface area (TPSA) is 37.8 Å². The summed E-state index contributed by atoms with van der Waals surface area (Å²) in [7, 11) is 1.92. The van der Waals surface area contributed by atoms with Crippen LogP contribution in [-0.2, 0) is 12.8 Å². The fourth-order valence-electron chi connectivity index (χ4n) is 2.24. The summed E-state index contributed by atoms with van der Waals surface area (Å²) in [4.78, 5) is 9.09. The van der Waals surface area contributed by atoms with Crippen LogP contribution in [0.25, 0.3) is 11.4 Å². The summed E-state index contributed by atoms with van der Waals surface area (Å²) >= 11 is 0. The minimum atomic E-state index is 0.841. The Morgan fingerprint density at radius 2 is 1.94 bits per heavy atom. The highest BCUT2D eigenvalue weighted by Crippen LogP contribution is 2.23. The number of hydrogen-bond donors (Lipinski definition) is 1. The Morgan fingerprint density at radius 3 is 2.71 bits per heavy atom. The van der Waals surface area contributed by atoms with Gasteiger partial charge in [0.15, 0.2) is 5.82 Å². The summed E-state index contributed by atoms with van der Waals surface area (Å²) < 4.78 is 0. The van der Waals surface area contributed by atoms with Crippen molar-refractivity contribution in [2.24, 2.45) is 0 Å². The first kappa shape index (κ1) is 10.3. The molecule has 0 spiro atoms. The van der Waals surface area contributed by atoms with Gasteiger partial charge in [-0.25, -0.2) is 9.97 Å². The van der Waals surface area contributed by atoms with E-state index < -0.39 is 0 Å². The molecule has 1 aromatic heterocycles. The lowest BCUT2D eigenvalue weighted by atomic mass is 10.2. The highest BCUT2D eigenvalue weighted by atomic mass is 14.9. The average Bonchev–Trinajstić information content (AvgIpc) is 2.86. The molecular formula is C14H15N3. The van der Waals surface area contributed by atoms with Crippen LogP contribution in [0.3, 0.4) is 0 Å². The second-order valence-corrected chi connectivity index (χ2v) is 4.35. The van der Waals surface area contributed by atoms with Gasteiger partial charge < -0.3 is 5.32 Å².